The normalized spacial score (nSPS) is 16.3. The molecule has 0 aliphatic carbocycles. The van der Waals surface area contributed by atoms with Crippen molar-refractivity contribution in [3.05, 3.63) is 33.4 Å². The maximum atomic E-state index is 10.9. The van der Waals surface area contributed by atoms with Crippen molar-refractivity contribution >= 4 is 5.69 Å². The lowest BCUT2D eigenvalue weighted by Crippen LogP contribution is -2.30. The van der Waals surface area contributed by atoms with Crippen molar-refractivity contribution in [2.45, 2.75) is 26.7 Å². The summed E-state index contributed by atoms with van der Waals surface area (Å²) >= 11 is 0. The van der Waals surface area contributed by atoms with E-state index in [1.165, 1.54) is 0 Å². The average Bonchev–Trinajstić information content (AvgIpc) is 2.38. The van der Waals surface area contributed by atoms with Crippen LogP contribution in [0.25, 0.3) is 0 Å². The van der Waals surface area contributed by atoms with Gasteiger partial charge in [0.25, 0.3) is 5.69 Å². The number of hydrogen-bond donors (Lipinski definition) is 1. The smallest absolute Gasteiger partial charge is 0.276 e. The quantitative estimate of drug-likeness (QED) is 0.670. The monoisotopic (exact) mass is 264 g/mol. The van der Waals surface area contributed by atoms with E-state index in [2.05, 4.69) is 5.32 Å². The third-order valence-electron chi connectivity index (χ3n) is 3.62. The third-order valence-corrected chi connectivity index (χ3v) is 3.62. The Hall–Kier alpha value is -1.62. The molecule has 1 heterocycles. The number of benzene rings is 1. The molecular formula is C14H20N2O3. The third kappa shape index (κ3) is 3.44. The first-order valence-corrected chi connectivity index (χ1v) is 6.67. The molecule has 1 aromatic carbocycles. The van der Waals surface area contributed by atoms with Crippen molar-refractivity contribution in [1.82, 2.24) is 5.32 Å². The zero-order valence-corrected chi connectivity index (χ0v) is 11.4. The molecular weight excluding hydrogens is 244 g/mol. The summed E-state index contributed by atoms with van der Waals surface area (Å²) in [4.78, 5) is 10.6. The topological polar surface area (TPSA) is 64.4 Å². The molecule has 1 fully saturated rings. The van der Waals surface area contributed by atoms with Gasteiger partial charge >= 0.3 is 0 Å². The molecule has 0 aromatic heterocycles. The van der Waals surface area contributed by atoms with Crippen LogP contribution in [0.2, 0.25) is 0 Å². The minimum absolute atomic E-state index is 0.130. The minimum Gasteiger partial charge on any atom is -0.493 e. The predicted molar refractivity (Wildman–Crippen MR) is 73.7 cm³/mol. The second-order valence-corrected chi connectivity index (χ2v) is 5.17. The predicted octanol–water partition coefficient (Wildman–Crippen LogP) is 2.59. The van der Waals surface area contributed by atoms with Gasteiger partial charge in [0.1, 0.15) is 5.75 Å². The van der Waals surface area contributed by atoms with Crippen LogP contribution in [0.1, 0.15) is 24.0 Å². The Labute approximate surface area is 113 Å². The average molecular weight is 264 g/mol. The Bertz CT molecular complexity index is 468. The van der Waals surface area contributed by atoms with Gasteiger partial charge in [0.05, 0.1) is 17.6 Å². The summed E-state index contributed by atoms with van der Waals surface area (Å²) in [6.07, 6.45) is 2.21. The molecule has 1 N–H and O–H groups in total. The Kier molecular flexibility index (Phi) is 4.37. The summed E-state index contributed by atoms with van der Waals surface area (Å²) in [7, 11) is 0. The fourth-order valence-electron chi connectivity index (χ4n) is 2.43. The summed E-state index contributed by atoms with van der Waals surface area (Å²) in [5, 5.41) is 14.2. The van der Waals surface area contributed by atoms with Crippen LogP contribution < -0.4 is 10.1 Å². The molecule has 1 saturated heterocycles. The standard InChI is InChI=1S/C14H20N2O3/c1-10-7-11(2)14(8-13(10)16(17)18)19-9-12-3-5-15-6-4-12/h7-8,12,15H,3-6,9H2,1-2H3. The molecule has 1 aliphatic rings. The highest BCUT2D eigenvalue weighted by Gasteiger charge is 2.17. The molecule has 0 bridgehead atoms. The second-order valence-electron chi connectivity index (χ2n) is 5.17. The molecule has 0 unspecified atom stereocenters. The van der Waals surface area contributed by atoms with Crippen molar-refractivity contribution in [3.8, 4) is 5.75 Å². The summed E-state index contributed by atoms with van der Waals surface area (Å²) in [5.41, 5.74) is 1.76. The minimum atomic E-state index is -0.355. The van der Waals surface area contributed by atoms with Crippen LogP contribution in [-0.4, -0.2) is 24.6 Å². The summed E-state index contributed by atoms with van der Waals surface area (Å²) in [6, 6.07) is 3.36. The van der Waals surface area contributed by atoms with Gasteiger partial charge in [-0.15, -0.1) is 0 Å². The summed E-state index contributed by atoms with van der Waals surface area (Å²) < 4.78 is 5.79. The van der Waals surface area contributed by atoms with E-state index in [0.717, 1.165) is 31.5 Å². The van der Waals surface area contributed by atoms with Crippen LogP contribution in [-0.2, 0) is 0 Å². The van der Waals surface area contributed by atoms with Gasteiger partial charge in [0.2, 0.25) is 0 Å². The molecule has 0 saturated carbocycles. The van der Waals surface area contributed by atoms with Gasteiger partial charge < -0.3 is 10.1 Å². The van der Waals surface area contributed by atoms with Crippen LogP contribution in [0.4, 0.5) is 5.69 Å². The van der Waals surface area contributed by atoms with Crippen LogP contribution >= 0.6 is 0 Å². The van der Waals surface area contributed by atoms with Gasteiger partial charge in [0.15, 0.2) is 0 Å². The van der Waals surface area contributed by atoms with Crippen LogP contribution in [0.3, 0.4) is 0 Å². The van der Waals surface area contributed by atoms with E-state index in [9.17, 15) is 10.1 Å². The molecule has 2 rings (SSSR count). The van der Waals surface area contributed by atoms with Crippen molar-refractivity contribution in [1.29, 1.82) is 0 Å². The van der Waals surface area contributed by atoms with E-state index in [1.807, 2.05) is 13.0 Å². The summed E-state index contributed by atoms with van der Waals surface area (Å²) in [6.45, 7) is 6.38. The number of piperidine rings is 1. The van der Waals surface area contributed by atoms with Gasteiger partial charge in [-0.2, -0.15) is 0 Å². The van der Waals surface area contributed by atoms with Crippen molar-refractivity contribution in [3.63, 3.8) is 0 Å². The molecule has 0 spiro atoms. The fourth-order valence-corrected chi connectivity index (χ4v) is 2.43. The first kappa shape index (κ1) is 13.8. The highest BCUT2D eigenvalue weighted by atomic mass is 16.6. The first-order chi connectivity index (χ1) is 9.08. The van der Waals surface area contributed by atoms with E-state index >= 15 is 0 Å². The van der Waals surface area contributed by atoms with E-state index in [1.54, 1.807) is 13.0 Å². The van der Waals surface area contributed by atoms with Crippen LogP contribution in [0.5, 0.6) is 5.75 Å². The molecule has 5 heteroatoms. The number of nitrogens with zero attached hydrogens (tertiary/aromatic N) is 1. The maximum Gasteiger partial charge on any atom is 0.276 e. The molecule has 1 aromatic rings. The number of nitro groups is 1. The molecule has 5 nitrogen and oxygen atoms in total. The number of ether oxygens (including phenoxy) is 1. The van der Waals surface area contributed by atoms with Gasteiger partial charge in [-0.25, -0.2) is 0 Å². The van der Waals surface area contributed by atoms with Crippen molar-refractivity contribution < 1.29 is 9.66 Å². The van der Waals surface area contributed by atoms with E-state index in [0.29, 0.717) is 23.8 Å². The zero-order valence-electron chi connectivity index (χ0n) is 11.4. The Morgan fingerprint density at radius 3 is 2.63 bits per heavy atom. The maximum absolute atomic E-state index is 10.9. The van der Waals surface area contributed by atoms with Crippen LogP contribution in [0.15, 0.2) is 12.1 Å². The molecule has 19 heavy (non-hydrogen) atoms. The number of hydrogen-bond acceptors (Lipinski definition) is 4. The molecule has 0 atom stereocenters. The van der Waals surface area contributed by atoms with Crippen molar-refractivity contribution in [2.75, 3.05) is 19.7 Å². The highest BCUT2D eigenvalue weighted by molar-refractivity contribution is 5.49. The number of aryl methyl sites for hydroxylation is 2. The van der Waals surface area contributed by atoms with Gasteiger partial charge in [-0.3, -0.25) is 10.1 Å². The Balaban J connectivity index is 2.06. The fraction of sp³-hybridized carbons (Fsp3) is 0.571. The lowest BCUT2D eigenvalue weighted by atomic mass is 9.99. The number of nitrogens with one attached hydrogen (secondary N) is 1. The van der Waals surface area contributed by atoms with Gasteiger partial charge in [0, 0.05) is 5.56 Å². The SMILES string of the molecule is Cc1cc(C)c([N+](=O)[O-])cc1OCC1CCNCC1. The van der Waals surface area contributed by atoms with Gasteiger partial charge in [-0.05, 0) is 57.3 Å². The molecule has 1 aliphatic heterocycles. The van der Waals surface area contributed by atoms with Crippen LogP contribution in [0, 0.1) is 29.9 Å². The lowest BCUT2D eigenvalue weighted by Gasteiger charge is -2.23. The highest BCUT2D eigenvalue weighted by Crippen LogP contribution is 2.28. The zero-order chi connectivity index (χ0) is 13.8. The number of rotatable bonds is 4. The first-order valence-electron chi connectivity index (χ1n) is 6.67. The largest absolute Gasteiger partial charge is 0.493 e. The van der Waals surface area contributed by atoms with Gasteiger partial charge in [-0.1, -0.05) is 0 Å². The van der Waals surface area contributed by atoms with E-state index in [4.69, 9.17) is 4.74 Å². The molecule has 0 radical (unpaired) electrons. The van der Waals surface area contributed by atoms with E-state index in [-0.39, 0.29) is 10.6 Å². The Morgan fingerprint density at radius 1 is 1.32 bits per heavy atom. The number of nitro benzene ring substituents is 1. The summed E-state index contributed by atoms with van der Waals surface area (Å²) in [5.74, 6) is 1.18. The Morgan fingerprint density at radius 2 is 2.00 bits per heavy atom. The second kappa shape index (κ2) is 6.02. The molecule has 0 amide bonds. The van der Waals surface area contributed by atoms with Crippen molar-refractivity contribution in [2.24, 2.45) is 5.92 Å². The lowest BCUT2D eigenvalue weighted by molar-refractivity contribution is -0.385. The molecule has 104 valence electrons. The van der Waals surface area contributed by atoms with E-state index < -0.39 is 0 Å².